The summed E-state index contributed by atoms with van der Waals surface area (Å²) in [6, 6.07) is 7.88. The van der Waals surface area contributed by atoms with Crippen LogP contribution in [-0.4, -0.2) is 9.97 Å². The number of benzene rings is 1. The quantitative estimate of drug-likeness (QED) is 0.810. The maximum Gasteiger partial charge on any atom is 0.232 e. The van der Waals surface area contributed by atoms with E-state index in [4.69, 9.17) is 16.3 Å². The topological polar surface area (TPSA) is 35.0 Å². The number of halogens is 2. The molecule has 0 saturated carbocycles. The lowest BCUT2D eigenvalue weighted by Gasteiger charge is -2.07. The van der Waals surface area contributed by atoms with Crippen LogP contribution in [0.4, 0.5) is 0 Å². The summed E-state index contributed by atoms with van der Waals surface area (Å²) >= 11 is 9.14. The van der Waals surface area contributed by atoms with Crippen LogP contribution in [0.3, 0.4) is 0 Å². The van der Waals surface area contributed by atoms with E-state index in [1.54, 1.807) is 12.4 Å². The predicted molar refractivity (Wildman–Crippen MR) is 70.1 cm³/mol. The smallest absolute Gasteiger partial charge is 0.232 e. The van der Waals surface area contributed by atoms with Gasteiger partial charge in [-0.05, 0) is 6.07 Å². The van der Waals surface area contributed by atoms with Gasteiger partial charge < -0.3 is 4.74 Å². The average molecular weight is 314 g/mol. The standard InChI is InChI=1S/C12H10BrClN2O/c13-11-4-2-1-3-9(11)8-17-12-7-15-6-10(5-14)16-12/h1-4,6-7H,5,8H2. The third kappa shape index (κ3) is 3.41. The minimum atomic E-state index is 0.333. The first-order chi connectivity index (χ1) is 8.29. The number of aromatic nitrogens is 2. The average Bonchev–Trinajstić information content (AvgIpc) is 2.38. The van der Waals surface area contributed by atoms with Crippen molar-refractivity contribution in [1.82, 2.24) is 9.97 Å². The Labute approximate surface area is 113 Å². The number of hydrogen-bond acceptors (Lipinski definition) is 3. The Morgan fingerprint density at radius 3 is 2.82 bits per heavy atom. The van der Waals surface area contributed by atoms with Crippen molar-refractivity contribution in [3.8, 4) is 5.88 Å². The highest BCUT2D eigenvalue weighted by molar-refractivity contribution is 9.10. The normalized spacial score (nSPS) is 10.2. The van der Waals surface area contributed by atoms with Gasteiger partial charge in [-0.2, -0.15) is 0 Å². The Morgan fingerprint density at radius 1 is 1.24 bits per heavy atom. The van der Waals surface area contributed by atoms with Crippen LogP contribution in [0.1, 0.15) is 11.3 Å². The first-order valence-corrected chi connectivity index (χ1v) is 6.35. The molecule has 0 fully saturated rings. The van der Waals surface area contributed by atoms with Gasteiger partial charge in [-0.3, -0.25) is 4.98 Å². The molecule has 0 spiro atoms. The molecule has 3 nitrogen and oxygen atoms in total. The van der Waals surface area contributed by atoms with Crippen molar-refractivity contribution in [1.29, 1.82) is 0 Å². The van der Waals surface area contributed by atoms with Gasteiger partial charge in [0.05, 0.1) is 17.8 Å². The van der Waals surface area contributed by atoms with Gasteiger partial charge in [-0.25, -0.2) is 4.98 Å². The molecule has 0 unspecified atom stereocenters. The fourth-order valence-electron chi connectivity index (χ4n) is 1.29. The van der Waals surface area contributed by atoms with Crippen molar-refractivity contribution in [2.45, 2.75) is 12.5 Å². The molecular formula is C12H10BrClN2O. The molecule has 1 heterocycles. The second kappa shape index (κ2) is 5.98. The van der Waals surface area contributed by atoms with E-state index in [1.165, 1.54) is 0 Å². The SMILES string of the molecule is ClCc1cncc(OCc2ccccc2Br)n1. The van der Waals surface area contributed by atoms with Gasteiger partial charge in [0.15, 0.2) is 0 Å². The van der Waals surface area contributed by atoms with Gasteiger partial charge >= 0.3 is 0 Å². The summed E-state index contributed by atoms with van der Waals surface area (Å²) in [6.07, 6.45) is 3.20. The molecule has 2 rings (SSSR count). The molecule has 0 N–H and O–H groups in total. The Kier molecular flexibility index (Phi) is 4.34. The molecule has 0 amide bonds. The van der Waals surface area contributed by atoms with E-state index in [1.807, 2.05) is 24.3 Å². The number of rotatable bonds is 4. The Balaban J connectivity index is 2.05. The third-order valence-electron chi connectivity index (χ3n) is 2.13. The van der Waals surface area contributed by atoms with Crippen LogP contribution in [-0.2, 0) is 12.5 Å². The largest absolute Gasteiger partial charge is 0.472 e. The predicted octanol–water partition coefficient (Wildman–Crippen LogP) is 3.56. The zero-order valence-electron chi connectivity index (χ0n) is 8.94. The van der Waals surface area contributed by atoms with E-state index in [9.17, 15) is 0 Å². The highest BCUT2D eigenvalue weighted by Crippen LogP contribution is 2.17. The Bertz CT molecular complexity index is 507. The molecule has 1 aromatic heterocycles. The lowest BCUT2D eigenvalue weighted by molar-refractivity contribution is 0.291. The number of nitrogens with zero attached hydrogens (tertiary/aromatic N) is 2. The van der Waals surface area contributed by atoms with Crippen molar-refractivity contribution >= 4 is 27.5 Å². The second-order valence-electron chi connectivity index (χ2n) is 3.36. The molecular weight excluding hydrogens is 304 g/mol. The fraction of sp³-hybridized carbons (Fsp3) is 0.167. The molecule has 0 bridgehead atoms. The van der Waals surface area contributed by atoms with E-state index >= 15 is 0 Å². The van der Waals surface area contributed by atoms with E-state index in [0.717, 1.165) is 10.0 Å². The summed E-state index contributed by atoms with van der Waals surface area (Å²) in [5.41, 5.74) is 1.77. The van der Waals surface area contributed by atoms with Crippen LogP contribution >= 0.6 is 27.5 Å². The molecule has 2 aromatic rings. The molecule has 0 atom stereocenters. The summed E-state index contributed by atoms with van der Waals surface area (Å²) in [4.78, 5) is 8.21. The molecule has 0 aliphatic rings. The number of alkyl halides is 1. The van der Waals surface area contributed by atoms with Crippen LogP contribution in [0.2, 0.25) is 0 Å². The van der Waals surface area contributed by atoms with Gasteiger partial charge in [-0.1, -0.05) is 34.1 Å². The van der Waals surface area contributed by atoms with Crippen LogP contribution < -0.4 is 4.74 Å². The third-order valence-corrected chi connectivity index (χ3v) is 3.18. The van der Waals surface area contributed by atoms with Gasteiger partial charge in [0.2, 0.25) is 5.88 Å². The Hall–Kier alpha value is -1.13. The van der Waals surface area contributed by atoms with Gasteiger partial charge in [0, 0.05) is 16.2 Å². The van der Waals surface area contributed by atoms with Gasteiger partial charge in [0.1, 0.15) is 6.61 Å². The molecule has 0 saturated heterocycles. The van der Waals surface area contributed by atoms with Crippen LogP contribution in [0.15, 0.2) is 41.1 Å². The summed E-state index contributed by atoms with van der Waals surface area (Å²) in [5, 5.41) is 0. The molecule has 0 aliphatic heterocycles. The second-order valence-corrected chi connectivity index (χ2v) is 4.48. The minimum Gasteiger partial charge on any atom is -0.472 e. The molecule has 1 aromatic carbocycles. The van der Waals surface area contributed by atoms with Crippen LogP contribution in [0, 0.1) is 0 Å². The van der Waals surface area contributed by atoms with E-state index in [2.05, 4.69) is 25.9 Å². The maximum absolute atomic E-state index is 5.68. The zero-order chi connectivity index (χ0) is 12.1. The summed E-state index contributed by atoms with van der Waals surface area (Å²) < 4.78 is 6.57. The van der Waals surface area contributed by atoms with Crippen molar-refractivity contribution in [3.63, 3.8) is 0 Å². The van der Waals surface area contributed by atoms with Crippen LogP contribution in [0.25, 0.3) is 0 Å². The van der Waals surface area contributed by atoms with Crippen molar-refractivity contribution in [3.05, 3.63) is 52.4 Å². The minimum absolute atomic E-state index is 0.333. The zero-order valence-corrected chi connectivity index (χ0v) is 11.3. The fourth-order valence-corrected chi connectivity index (χ4v) is 1.82. The lowest BCUT2D eigenvalue weighted by Crippen LogP contribution is -2.00. The molecule has 0 radical (unpaired) electrons. The van der Waals surface area contributed by atoms with Crippen molar-refractivity contribution in [2.24, 2.45) is 0 Å². The summed E-state index contributed by atoms with van der Waals surface area (Å²) in [6.45, 7) is 0.446. The molecule has 5 heteroatoms. The van der Waals surface area contributed by atoms with Crippen LogP contribution in [0.5, 0.6) is 5.88 Å². The van der Waals surface area contributed by atoms with Gasteiger partial charge in [0.25, 0.3) is 0 Å². The molecule has 0 aliphatic carbocycles. The number of ether oxygens (including phenoxy) is 1. The highest BCUT2D eigenvalue weighted by atomic mass is 79.9. The number of hydrogen-bond donors (Lipinski definition) is 0. The van der Waals surface area contributed by atoms with Crippen molar-refractivity contribution in [2.75, 3.05) is 0 Å². The summed E-state index contributed by atoms with van der Waals surface area (Å²) in [7, 11) is 0. The van der Waals surface area contributed by atoms with E-state index in [0.29, 0.717) is 24.1 Å². The van der Waals surface area contributed by atoms with Gasteiger partial charge in [-0.15, -0.1) is 11.6 Å². The Morgan fingerprint density at radius 2 is 2.06 bits per heavy atom. The maximum atomic E-state index is 5.68. The van der Waals surface area contributed by atoms with E-state index in [-0.39, 0.29) is 0 Å². The monoisotopic (exact) mass is 312 g/mol. The van der Waals surface area contributed by atoms with Crippen molar-refractivity contribution < 1.29 is 4.74 Å². The summed E-state index contributed by atoms with van der Waals surface area (Å²) in [5.74, 6) is 0.818. The lowest BCUT2D eigenvalue weighted by atomic mass is 10.2. The highest BCUT2D eigenvalue weighted by Gasteiger charge is 2.02. The molecule has 88 valence electrons. The van der Waals surface area contributed by atoms with E-state index < -0.39 is 0 Å². The first-order valence-electron chi connectivity index (χ1n) is 5.02. The molecule has 17 heavy (non-hydrogen) atoms. The first kappa shape index (κ1) is 12.3.